The fraction of sp³-hybridized carbons (Fsp3) is 0.154. The highest BCUT2D eigenvalue weighted by Crippen LogP contribution is 2.07. The van der Waals surface area contributed by atoms with Crippen LogP contribution in [-0.2, 0) is 9.59 Å². The number of para-hydroxylation sites is 1. The largest absolute Gasteiger partial charge is 0.481 e. The fourth-order valence-electron chi connectivity index (χ4n) is 1.12. The lowest BCUT2D eigenvalue weighted by Gasteiger charge is -1.94. The van der Waals surface area contributed by atoms with Crippen molar-refractivity contribution in [2.75, 3.05) is 0 Å². The Morgan fingerprint density at radius 1 is 1.06 bits per heavy atom. The Balaban J connectivity index is 0.000000187. The normalized spacial score (nSPS) is 9.67. The van der Waals surface area contributed by atoms with E-state index in [1.165, 1.54) is 5.39 Å². The molecule has 0 saturated heterocycles. The highest BCUT2D eigenvalue weighted by molar-refractivity contribution is 5.92. The first-order valence-corrected chi connectivity index (χ1v) is 5.27. The Hall–Kier alpha value is -2.43. The van der Waals surface area contributed by atoms with Gasteiger partial charge in [0.2, 0.25) is 0 Å². The molecule has 0 aliphatic rings. The SMILES string of the molecule is CC(C(=O)O)C(=O)O.c1ccc2ncccc2c1. The maximum Gasteiger partial charge on any atom is 0.317 e. The van der Waals surface area contributed by atoms with Crippen LogP contribution in [0.15, 0.2) is 42.6 Å². The third-order valence-corrected chi connectivity index (χ3v) is 2.25. The number of pyridine rings is 1. The highest BCUT2D eigenvalue weighted by Gasteiger charge is 2.18. The molecule has 2 aromatic rings. The van der Waals surface area contributed by atoms with Gasteiger partial charge in [0, 0.05) is 11.6 Å². The van der Waals surface area contributed by atoms with E-state index in [0.29, 0.717) is 0 Å². The van der Waals surface area contributed by atoms with Crippen LogP contribution in [0, 0.1) is 5.92 Å². The minimum atomic E-state index is -1.31. The van der Waals surface area contributed by atoms with E-state index in [0.717, 1.165) is 12.4 Å². The maximum atomic E-state index is 9.76. The summed E-state index contributed by atoms with van der Waals surface area (Å²) in [6.45, 7) is 1.12. The first kappa shape index (κ1) is 13.6. The average Bonchev–Trinajstić information content (AvgIpc) is 2.38. The lowest BCUT2D eigenvalue weighted by atomic mass is 10.2. The number of aliphatic carboxylic acids is 2. The van der Waals surface area contributed by atoms with Crippen LogP contribution in [0.2, 0.25) is 0 Å². The lowest BCUT2D eigenvalue weighted by molar-refractivity contribution is -0.153. The first-order chi connectivity index (χ1) is 8.52. The molecule has 1 heterocycles. The number of hydrogen-bond donors (Lipinski definition) is 2. The molecule has 0 atom stereocenters. The van der Waals surface area contributed by atoms with Gasteiger partial charge in [0.05, 0.1) is 5.52 Å². The Labute approximate surface area is 104 Å². The van der Waals surface area contributed by atoms with Crippen molar-refractivity contribution in [2.24, 2.45) is 5.92 Å². The first-order valence-electron chi connectivity index (χ1n) is 5.27. The van der Waals surface area contributed by atoms with Gasteiger partial charge in [0.1, 0.15) is 0 Å². The zero-order valence-corrected chi connectivity index (χ0v) is 9.78. The van der Waals surface area contributed by atoms with Crippen LogP contribution in [0.3, 0.4) is 0 Å². The number of carbonyl (C=O) groups is 2. The second-order valence-electron chi connectivity index (χ2n) is 3.59. The van der Waals surface area contributed by atoms with Gasteiger partial charge >= 0.3 is 11.9 Å². The number of hydrogen-bond acceptors (Lipinski definition) is 3. The summed E-state index contributed by atoms with van der Waals surface area (Å²) >= 11 is 0. The van der Waals surface area contributed by atoms with E-state index in [1.807, 2.05) is 30.5 Å². The van der Waals surface area contributed by atoms with Crippen LogP contribution in [0.4, 0.5) is 0 Å². The van der Waals surface area contributed by atoms with E-state index in [9.17, 15) is 9.59 Å². The van der Waals surface area contributed by atoms with E-state index in [-0.39, 0.29) is 0 Å². The van der Waals surface area contributed by atoms with Crippen molar-refractivity contribution in [1.82, 2.24) is 4.98 Å². The van der Waals surface area contributed by atoms with Crippen molar-refractivity contribution in [3.8, 4) is 0 Å². The summed E-state index contributed by atoms with van der Waals surface area (Å²) in [4.78, 5) is 23.7. The molecule has 0 amide bonds. The molecule has 1 aromatic carbocycles. The summed E-state index contributed by atoms with van der Waals surface area (Å²) in [7, 11) is 0. The van der Waals surface area contributed by atoms with Gasteiger partial charge in [-0.15, -0.1) is 0 Å². The van der Waals surface area contributed by atoms with Gasteiger partial charge in [0.25, 0.3) is 0 Å². The van der Waals surface area contributed by atoms with Gasteiger partial charge in [-0.25, -0.2) is 0 Å². The minimum Gasteiger partial charge on any atom is -0.481 e. The third-order valence-electron chi connectivity index (χ3n) is 2.25. The molecule has 0 fully saturated rings. The molecular weight excluding hydrogens is 234 g/mol. The predicted octanol–water partition coefficient (Wildman–Crippen LogP) is 2.03. The van der Waals surface area contributed by atoms with E-state index in [1.54, 1.807) is 0 Å². The van der Waals surface area contributed by atoms with Gasteiger partial charge < -0.3 is 10.2 Å². The van der Waals surface area contributed by atoms with Crippen molar-refractivity contribution in [3.63, 3.8) is 0 Å². The number of nitrogens with zero attached hydrogens (tertiary/aromatic N) is 1. The quantitative estimate of drug-likeness (QED) is 0.793. The molecule has 18 heavy (non-hydrogen) atoms. The molecule has 0 spiro atoms. The molecule has 94 valence electrons. The molecule has 1 aromatic heterocycles. The summed E-state index contributed by atoms with van der Waals surface area (Å²) < 4.78 is 0. The van der Waals surface area contributed by atoms with Crippen molar-refractivity contribution >= 4 is 22.8 Å². The van der Waals surface area contributed by atoms with Crippen LogP contribution >= 0.6 is 0 Å². The maximum absolute atomic E-state index is 9.76. The molecule has 5 nitrogen and oxygen atoms in total. The van der Waals surface area contributed by atoms with Gasteiger partial charge in [-0.05, 0) is 19.1 Å². The van der Waals surface area contributed by atoms with Gasteiger partial charge in [0.15, 0.2) is 5.92 Å². The number of aromatic nitrogens is 1. The average molecular weight is 247 g/mol. The third kappa shape index (κ3) is 3.86. The Bertz CT molecular complexity index is 474. The molecule has 0 unspecified atom stereocenters. The van der Waals surface area contributed by atoms with Gasteiger partial charge in [-0.2, -0.15) is 0 Å². The van der Waals surface area contributed by atoms with Crippen molar-refractivity contribution in [2.45, 2.75) is 6.92 Å². The van der Waals surface area contributed by atoms with Crippen LogP contribution in [0.1, 0.15) is 6.92 Å². The van der Waals surface area contributed by atoms with Crippen LogP contribution in [-0.4, -0.2) is 27.1 Å². The van der Waals surface area contributed by atoms with Crippen molar-refractivity contribution in [3.05, 3.63) is 42.6 Å². The molecule has 0 aliphatic heterocycles. The molecule has 2 rings (SSSR count). The van der Waals surface area contributed by atoms with Crippen molar-refractivity contribution < 1.29 is 19.8 Å². The molecule has 2 N–H and O–H groups in total. The fourth-order valence-corrected chi connectivity index (χ4v) is 1.12. The summed E-state index contributed by atoms with van der Waals surface area (Å²) in [5.41, 5.74) is 1.06. The number of rotatable bonds is 2. The molecular formula is C13H13NO4. The van der Waals surface area contributed by atoms with Crippen molar-refractivity contribution in [1.29, 1.82) is 0 Å². The summed E-state index contributed by atoms with van der Waals surface area (Å²) in [5, 5.41) is 17.1. The summed E-state index contributed by atoms with van der Waals surface area (Å²) in [6.07, 6.45) is 1.81. The topological polar surface area (TPSA) is 87.5 Å². The van der Waals surface area contributed by atoms with Gasteiger partial charge in [-0.1, -0.05) is 24.3 Å². The second kappa shape index (κ2) is 6.34. The van der Waals surface area contributed by atoms with Crippen LogP contribution < -0.4 is 0 Å². The molecule has 0 bridgehead atoms. The molecule has 5 heteroatoms. The summed E-state index contributed by atoms with van der Waals surface area (Å²) in [6, 6.07) is 12.1. The monoisotopic (exact) mass is 247 g/mol. The zero-order chi connectivity index (χ0) is 13.5. The minimum absolute atomic E-state index is 1.06. The van der Waals surface area contributed by atoms with E-state index in [4.69, 9.17) is 10.2 Å². The molecule has 0 aliphatic carbocycles. The van der Waals surface area contributed by atoms with E-state index in [2.05, 4.69) is 17.1 Å². The van der Waals surface area contributed by atoms with E-state index >= 15 is 0 Å². The summed E-state index contributed by atoms with van der Waals surface area (Å²) in [5.74, 6) is -3.91. The Morgan fingerprint density at radius 3 is 2.11 bits per heavy atom. The standard InChI is InChI=1S/C9H7N.C4H6O4/c1-2-6-9-8(4-1)5-3-7-10-9;1-2(3(5)6)4(7)8/h1-7H;2H,1H3,(H,5,6)(H,7,8). The van der Waals surface area contributed by atoms with Crippen LogP contribution in [0.5, 0.6) is 0 Å². The molecule has 0 radical (unpaired) electrons. The zero-order valence-electron chi connectivity index (χ0n) is 9.78. The Morgan fingerprint density at radius 2 is 1.61 bits per heavy atom. The highest BCUT2D eigenvalue weighted by atomic mass is 16.4. The smallest absolute Gasteiger partial charge is 0.317 e. The van der Waals surface area contributed by atoms with E-state index < -0.39 is 17.9 Å². The number of carboxylic acid groups (broad SMARTS) is 2. The van der Waals surface area contributed by atoms with Gasteiger partial charge in [-0.3, -0.25) is 14.6 Å². The number of fused-ring (bicyclic) bond motifs is 1. The lowest BCUT2D eigenvalue weighted by Crippen LogP contribution is -2.19. The van der Waals surface area contributed by atoms with Crippen LogP contribution in [0.25, 0.3) is 10.9 Å². The Kier molecular flexibility index (Phi) is 4.80. The second-order valence-corrected chi connectivity index (χ2v) is 3.59. The number of benzene rings is 1. The number of carboxylic acids is 2. The molecule has 0 saturated carbocycles. The predicted molar refractivity (Wildman–Crippen MR) is 66.2 cm³/mol.